The number of nitro groups is 1. The number of methoxy groups -OCH3 is 1. The maximum atomic E-state index is 11.7. The number of fused-ring (bicyclic) bond motifs is 1. The Morgan fingerprint density at radius 1 is 1.42 bits per heavy atom. The van der Waals surface area contributed by atoms with Crippen molar-refractivity contribution in [1.82, 2.24) is 4.98 Å². The average Bonchev–Trinajstić information content (AvgIpc) is 3.01. The molecule has 1 aliphatic rings. The highest BCUT2D eigenvalue weighted by molar-refractivity contribution is 5.96. The highest BCUT2D eigenvalue weighted by atomic mass is 16.6. The number of para-hydroxylation sites is 1. The van der Waals surface area contributed by atoms with Crippen LogP contribution in [0, 0.1) is 23.0 Å². The molecule has 7 nitrogen and oxygen atoms in total. The Morgan fingerprint density at radius 3 is 2.92 bits per heavy atom. The molecule has 24 heavy (non-hydrogen) atoms. The molecule has 1 aliphatic carbocycles. The number of pyridine rings is 1. The summed E-state index contributed by atoms with van der Waals surface area (Å²) in [5.74, 6) is -0.262. The first-order chi connectivity index (χ1) is 11.5. The molecule has 1 saturated carbocycles. The number of hydrogen-bond donors (Lipinski definition) is 1. The van der Waals surface area contributed by atoms with E-state index >= 15 is 0 Å². The first-order valence-corrected chi connectivity index (χ1v) is 7.88. The zero-order chi connectivity index (χ0) is 17.3. The Bertz CT molecular complexity index is 806. The van der Waals surface area contributed by atoms with Crippen molar-refractivity contribution in [3.63, 3.8) is 0 Å². The molecule has 0 unspecified atom stereocenters. The molecule has 1 aromatic carbocycles. The van der Waals surface area contributed by atoms with E-state index in [2.05, 4.69) is 10.3 Å². The van der Waals surface area contributed by atoms with Crippen molar-refractivity contribution in [2.24, 2.45) is 5.92 Å². The first-order valence-electron chi connectivity index (χ1n) is 7.88. The lowest BCUT2D eigenvalue weighted by Crippen LogP contribution is -2.19. The number of aryl methyl sites for hydroxylation is 1. The zero-order valence-electron chi connectivity index (χ0n) is 13.6. The number of nitro benzene ring substituents is 1. The van der Waals surface area contributed by atoms with Crippen molar-refractivity contribution in [2.45, 2.75) is 32.2 Å². The number of anilines is 1. The van der Waals surface area contributed by atoms with Gasteiger partial charge in [-0.25, -0.2) is 4.98 Å². The van der Waals surface area contributed by atoms with Crippen LogP contribution in [0.2, 0.25) is 0 Å². The molecule has 0 spiro atoms. The summed E-state index contributed by atoms with van der Waals surface area (Å²) in [6.45, 7) is 1.81. The van der Waals surface area contributed by atoms with Crippen LogP contribution in [0.1, 0.15) is 25.0 Å². The molecule has 3 rings (SSSR count). The second-order valence-corrected chi connectivity index (χ2v) is 6.12. The van der Waals surface area contributed by atoms with Crippen LogP contribution in [0.15, 0.2) is 24.3 Å². The second kappa shape index (κ2) is 6.43. The third-order valence-corrected chi connectivity index (χ3v) is 4.47. The maximum absolute atomic E-state index is 11.7. The van der Waals surface area contributed by atoms with Gasteiger partial charge in [0.15, 0.2) is 5.52 Å². The van der Waals surface area contributed by atoms with Crippen LogP contribution in [-0.4, -0.2) is 29.0 Å². The second-order valence-electron chi connectivity index (χ2n) is 6.12. The molecule has 0 aliphatic heterocycles. The van der Waals surface area contributed by atoms with E-state index in [1.54, 1.807) is 6.07 Å². The van der Waals surface area contributed by atoms with E-state index in [1.165, 1.54) is 13.2 Å². The van der Waals surface area contributed by atoms with E-state index in [1.807, 2.05) is 19.1 Å². The summed E-state index contributed by atoms with van der Waals surface area (Å²) in [5, 5.41) is 15.4. The van der Waals surface area contributed by atoms with Gasteiger partial charge in [-0.3, -0.25) is 14.9 Å². The Morgan fingerprint density at radius 2 is 2.21 bits per heavy atom. The molecule has 1 fully saturated rings. The van der Waals surface area contributed by atoms with Crippen molar-refractivity contribution in [3.05, 3.63) is 40.1 Å². The lowest BCUT2D eigenvalue weighted by molar-refractivity contribution is -0.383. The number of aromatic nitrogens is 1. The number of carbonyl (C=O) groups excluding carboxylic acids is 1. The molecule has 1 N–H and O–H groups in total. The van der Waals surface area contributed by atoms with Crippen LogP contribution >= 0.6 is 0 Å². The van der Waals surface area contributed by atoms with Crippen LogP contribution in [0.5, 0.6) is 0 Å². The quantitative estimate of drug-likeness (QED) is 0.526. The molecule has 0 amide bonds. The van der Waals surface area contributed by atoms with E-state index in [0.29, 0.717) is 17.6 Å². The molecule has 0 bridgehead atoms. The lowest BCUT2D eigenvalue weighted by atomic mass is 10.1. The van der Waals surface area contributed by atoms with Crippen molar-refractivity contribution < 1.29 is 14.5 Å². The Kier molecular flexibility index (Phi) is 4.33. The van der Waals surface area contributed by atoms with Gasteiger partial charge in [0.1, 0.15) is 0 Å². The molecule has 126 valence electrons. The highest BCUT2D eigenvalue weighted by Crippen LogP contribution is 2.33. The van der Waals surface area contributed by atoms with Gasteiger partial charge >= 0.3 is 5.97 Å². The standard InChI is InChI=1S/C17H19N3O4/c1-10-8-14(19-12-7-6-11(9-12)17(21)24-2)13-4-3-5-15(20(22)23)16(13)18-10/h3-5,8,11-12H,6-7,9H2,1-2H3,(H,18,19)/t11-,12+/m0/s1. The van der Waals surface area contributed by atoms with Crippen LogP contribution in [0.4, 0.5) is 11.4 Å². The van der Waals surface area contributed by atoms with Gasteiger partial charge in [0.05, 0.1) is 18.0 Å². The molecule has 1 heterocycles. The number of hydrogen-bond acceptors (Lipinski definition) is 6. The molecule has 0 saturated heterocycles. The van der Waals surface area contributed by atoms with Gasteiger partial charge in [-0.15, -0.1) is 0 Å². The van der Waals surface area contributed by atoms with Gasteiger partial charge in [-0.1, -0.05) is 12.1 Å². The van der Waals surface area contributed by atoms with E-state index in [-0.39, 0.29) is 23.6 Å². The van der Waals surface area contributed by atoms with Gasteiger partial charge in [-0.05, 0) is 32.3 Å². The summed E-state index contributed by atoms with van der Waals surface area (Å²) in [6, 6.07) is 6.97. The average molecular weight is 329 g/mol. The van der Waals surface area contributed by atoms with Gasteiger partial charge in [0.2, 0.25) is 0 Å². The first kappa shape index (κ1) is 16.2. The number of non-ortho nitro benzene ring substituents is 1. The van der Waals surface area contributed by atoms with Crippen LogP contribution in [-0.2, 0) is 9.53 Å². The minimum atomic E-state index is -0.415. The predicted octanol–water partition coefficient (Wildman–Crippen LogP) is 3.21. The van der Waals surface area contributed by atoms with Crippen molar-refractivity contribution in [1.29, 1.82) is 0 Å². The van der Waals surface area contributed by atoms with Crippen LogP contribution in [0.25, 0.3) is 10.9 Å². The van der Waals surface area contributed by atoms with E-state index in [0.717, 1.165) is 23.9 Å². The number of esters is 1. The number of ether oxygens (including phenoxy) is 1. The SMILES string of the molecule is COC(=O)[C@H]1CC[C@@H](Nc2cc(C)nc3c([N+](=O)[O-])cccc23)C1. The Labute approximate surface area is 139 Å². The maximum Gasteiger partial charge on any atom is 0.308 e. The molecule has 2 aromatic rings. The Balaban J connectivity index is 1.92. The Hall–Kier alpha value is -2.70. The van der Waals surface area contributed by atoms with Crippen molar-refractivity contribution in [2.75, 3.05) is 12.4 Å². The summed E-state index contributed by atoms with van der Waals surface area (Å²) in [7, 11) is 1.40. The number of rotatable bonds is 4. The molecule has 0 radical (unpaired) electrons. The summed E-state index contributed by atoms with van der Waals surface area (Å²) >= 11 is 0. The third-order valence-electron chi connectivity index (χ3n) is 4.47. The normalized spacial score (nSPS) is 20.1. The largest absolute Gasteiger partial charge is 0.469 e. The minimum Gasteiger partial charge on any atom is -0.469 e. The number of benzene rings is 1. The smallest absolute Gasteiger partial charge is 0.308 e. The fourth-order valence-corrected chi connectivity index (χ4v) is 3.34. The summed E-state index contributed by atoms with van der Waals surface area (Å²) < 4.78 is 4.81. The molecule has 7 heteroatoms. The molecular formula is C17H19N3O4. The topological polar surface area (TPSA) is 94.4 Å². The van der Waals surface area contributed by atoms with Gasteiger partial charge < -0.3 is 10.1 Å². The highest BCUT2D eigenvalue weighted by Gasteiger charge is 2.31. The van der Waals surface area contributed by atoms with E-state index < -0.39 is 4.92 Å². The fraction of sp³-hybridized carbons (Fsp3) is 0.412. The third kappa shape index (κ3) is 3.02. The predicted molar refractivity (Wildman–Crippen MR) is 89.9 cm³/mol. The summed E-state index contributed by atoms with van der Waals surface area (Å²) in [4.78, 5) is 26.8. The van der Waals surface area contributed by atoms with Crippen LogP contribution in [0.3, 0.4) is 0 Å². The van der Waals surface area contributed by atoms with Gasteiger partial charge in [-0.2, -0.15) is 0 Å². The molecule has 1 aromatic heterocycles. The summed E-state index contributed by atoms with van der Waals surface area (Å²) in [5.41, 5.74) is 1.91. The number of nitrogens with zero attached hydrogens (tertiary/aromatic N) is 2. The molecule has 2 atom stereocenters. The van der Waals surface area contributed by atoms with Crippen molar-refractivity contribution in [3.8, 4) is 0 Å². The summed E-state index contributed by atoms with van der Waals surface area (Å²) in [6.07, 6.45) is 2.34. The zero-order valence-corrected chi connectivity index (χ0v) is 13.6. The van der Waals surface area contributed by atoms with E-state index in [9.17, 15) is 14.9 Å². The fourth-order valence-electron chi connectivity index (χ4n) is 3.34. The van der Waals surface area contributed by atoms with E-state index in [4.69, 9.17) is 4.74 Å². The van der Waals surface area contributed by atoms with Gasteiger partial charge in [0.25, 0.3) is 5.69 Å². The monoisotopic (exact) mass is 329 g/mol. The molecular weight excluding hydrogens is 310 g/mol. The van der Waals surface area contributed by atoms with Gasteiger partial charge in [0, 0.05) is 28.9 Å². The van der Waals surface area contributed by atoms with Crippen LogP contribution < -0.4 is 5.32 Å². The lowest BCUT2D eigenvalue weighted by Gasteiger charge is -2.16. The number of carbonyl (C=O) groups is 1. The number of nitrogens with one attached hydrogen (secondary N) is 1. The minimum absolute atomic E-state index is 0.00175. The van der Waals surface area contributed by atoms with Crippen molar-refractivity contribution >= 4 is 28.2 Å².